The third-order valence-corrected chi connectivity index (χ3v) is 7.73. The Morgan fingerprint density at radius 2 is 0.700 bits per heavy atom. The number of hydrogen-bond acceptors (Lipinski definition) is 2. The molecule has 0 atom stereocenters. The monoisotopic (exact) mass is 512 g/mol. The van der Waals surface area contributed by atoms with Gasteiger partial charge in [-0.3, -0.25) is 0 Å². The Morgan fingerprint density at radius 1 is 0.275 bits per heavy atom. The maximum Gasteiger partial charge on any atom is 0.146 e. The summed E-state index contributed by atoms with van der Waals surface area (Å²) >= 11 is 0. The molecular formula is C38H24O2. The lowest BCUT2D eigenvalue weighted by molar-refractivity contribution is 0.599. The van der Waals surface area contributed by atoms with E-state index in [0.29, 0.717) is 0 Å². The summed E-state index contributed by atoms with van der Waals surface area (Å²) in [6.07, 6.45) is 0. The summed E-state index contributed by atoms with van der Waals surface area (Å²) in [5.74, 6) is 1.68. The van der Waals surface area contributed by atoms with Crippen molar-refractivity contribution in [3.8, 4) is 44.9 Å². The van der Waals surface area contributed by atoms with Crippen LogP contribution in [0.4, 0.5) is 0 Å². The van der Waals surface area contributed by atoms with Gasteiger partial charge < -0.3 is 8.83 Å². The van der Waals surface area contributed by atoms with Crippen LogP contribution in [0.15, 0.2) is 154 Å². The van der Waals surface area contributed by atoms with E-state index in [2.05, 4.69) is 133 Å². The zero-order chi connectivity index (χ0) is 26.5. The zero-order valence-corrected chi connectivity index (χ0v) is 21.7. The van der Waals surface area contributed by atoms with Gasteiger partial charge in [0.25, 0.3) is 0 Å². The molecule has 0 unspecified atom stereocenters. The van der Waals surface area contributed by atoms with Gasteiger partial charge in [0.05, 0.1) is 5.56 Å². The van der Waals surface area contributed by atoms with Crippen LogP contribution in [0, 0.1) is 0 Å². The molecular weight excluding hydrogens is 488 g/mol. The molecule has 0 bridgehead atoms. The lowest BCUT2D eigenvalue weighted by Gasteiger charge is -2.08. The summed E-state index contributed by atoms with van der Waals surface area (Å²) in [5.41, 5.74) is 8.27. The second kappa shape index (κ2) is 9.14. The van der Waals surface area contributed by atoms with Crippen LogP contribution in [0.25, 0.3) is 77.6 Å². The van der Waals surface area contributed by atoms with Crippen LogP contribution in [0.3, 0.4) is 0 Å². The fraction of sp³-hybridized carbons (Fsp3) is 0. The standard InChI is InChI=1S/C38H24O2/c1-3-13-25(14-4-1)27-17-7-8-18-29(27)36-30-19-9-10-20-31(30)37(40-36)34-24-12-23-33-32-22-11-21-28(35(32)39-38(33)34)26-15-5-2-6-16-26/h1-24H. The minimum Gasteiger partial charge on any atom is -0.455 e. The van der Waals surface area contributed by atoms with Crippen molar-refractivity contribution in [2.45, 2.75) is 0 Å². The molecule has 6 aromatic carbocycles. The Labute approximate surface area is 231 Å². The lowest BCUT2D eigenvalue weighted by Crippen LogP contribution is -1.83. The molecule has 0 spiro atoms. The second-order valence-electron chi connectivity index (χ2n) is 10.1. The first-order valence-electron chi connectivity index (χ1n) is 13.5. The second-order valence-corrected chi connectivity index (χ2v) is 10.1. The van der Waals surface area contributed by atoms with Gasteiger partial charge in [0.2, 0.25) is 0 Å². The van der Waals surface area contributed by atoms with Gasteiger partial charge in [-0.15, -0.1) is 0 Å². The number of furan rings is 2. The van der Waals surface area contributed by atoms with Crippen molar-refractivity contribution < 1.29 is 8.83 Å². The molecule has 2 heterocycles. The predicted octanol–water partition coefficient (Wildman–Crippen LogP) is 11.0. The molecule has 0 aliphatic carbocycles. The maximum absolute atomic E-state index is 6.86. The van der Waals surface area contributed by atoms with Gasteiger partial charge in [-0.1, -0.05) is 140 Å². The average Bonchev–Trinajstić information content (AvgIpc) is 3.61. The summed E-state index contributed by atoms with van der Waals surface area (Å²) in [6.45, 7) is 0. The molecule has 0 aliphatic rings. The van der Waals surface area contributed by atoms with Gasteiger partial charge in [-0.2, -0.15) is 0 Å². The topological polar surface area (TPSA) is 26.3 Å². The van der Waals surface area contributed by atoms with E-state index in [4.69, 9.17) is 8.83 Å². The summed E-state index contributed by atoms with van der Waals surface area (Å²) in [4.78, 5) is 0. The average molecular weight is 513 g/mol. The summed E-state index contributed by atoms with van der Waals surface area (Å²) in [5, 5.41) is 4.33. The van der Waals surface area contributed by atoms with Crippen molar-refractivity contribution in [1.82, 2.24) is 0 Å². The van der Waals surface area contributed by atoms with E-state index in [1.165, 1.54) is 0 Å². The molecule has 0 saturated carbocycles. The summed E-state index contributed by atoms with van der Waals surface area (Å²) < 4.78 is 13.6. The van der Waals surface area contributed by atoms with Crippen LogP contribution >= 0.6 is 0 Å². The molecule has 2 heteroatoms. The maximum atomic E-state index is 6.86. The first kappa shape index (κ1) is 22.6. The Hall–Kier alpha value is -5.34. The van der Waals surface area contributed by atoms with Crippen LogP contribution in [0.2, 0.25) is 0 Å². The molecule has 8 aromatic rings. The first-order chi connectivity index (χ1) is 19.9. The van der Waals surface area contributed by atoms with Gasteiger partial charge in [-0.25, -0.2) is 0 Å². The summed E-state index contributed by atoms with van der Waals surface area (Å²) in [7, 11) is 0. The largest absolute Gasteiger partial charge is 0.455 e. The highest BCUT2D eigenvalue weighted by Gasteiger charge is 2.22. The molecule has 0 N–H and O–H groups in total. The fourth-order valence-electron chi connectivity index (χ4n) is 5.89. The minimum atomic E-state index is 0.819. The molecule has 2 nitrogen and oxygen atoms in total. The fourth-order valence-corrected chi connectivity index (χ4v) is 5.89. The highest BCUT2D eigenvalue weighted by Crippen LogP contribution is 2.46. The number of benzene rings is 6. The molecule has 0 amide bonds. The number of para-hydroxylation sites is 2. The van der Waals surface area contributed by atoms with Crippen molar-refractivity contribution >= 4 is 32.7 Å². The Morgan fingerprint density at radius 3 is 1.35 bits per heavy atom. The van der Waals surface area contributed by atoms with Gasteiger partial charge in [0.15, 0.2) is 0 Å². The van der Waals surface area contributed by atoms with Crippen LogP contribution in [-0.4, -0.2) is 0 Å². The molecule has 0 saturated heterocycles. The Kier molecular flexibility index (Phi) is 5.17. The van der Waals surface area contributed by atoms with Gasteiger partial charge in [-0.05, 0) is 22.8 Å². The first-order valence-corrected chi connectivity index (χ1v) is 13.5. The molecule has 0 radical (unpaired) electrons. The van der Waals surface area contributed by atoms with Gasteiger partial charge >= 0.3 is 0 Å². The smallest absolute Gasteiger partial charge is 0.146 e. The van der Waals surface area contributed by atoms with Crippen LogP contribution < -0.4 is 0 Å². The van der Waals surface area contributed by atoms with E-state index < -0.39 is 0 Å². The SMILES string of the molecule is c1ccc(-c2ccccc2-c2oc(-c3cccc4c3oc3c(-c5ccccc5)cccc34)c3ccccc23)cc1. The number of rotatable bonds is 4. The van der Waals surface area contributed by atoms with Crippen molar-refractivity contribution in [2.75, 3.05) is 0 Å². The molecule has 2 aromatic heterocycles. The number of fused-ring (bicyclic) bond motifs is 4. The molecule has 8 rings (SSSR count). The van der Waals surface area contributed by atoms with Crippen molar-refractivity contribution in [2.24, 2.45) is 0 Å². The van der Waals surface area contributed by atoms with E-state index in [0.717, 1.165) is 77.6 Å². The van der Waals surface area contributed by atoms with Crippen LogP contribution in [0.5, 0.6) is 0 Å². The molecule has 188 valence electrons. The Bertz CT molecular complexity index is 2150. The van der Waals surface area contributed by atoms with E-state index in [1.807, 2.05) is 12.1 Å². The number of hydrogen-bond donors (Lipinski definition) is 0. The summed E-state index contributed by atoms with van der Waals surface area (Å²) in [6, 6.07) is 50.5. The molecule has 0 fully saturated rings. The third kappa shape index (κ3) is 3.50. The quantitative estimate of drug-likeness (QED) is 0.234. The van der Waals surface area contributed by atoms with E-state index in [1.54, 1.807) is 0 Å². The van der Waals surface area contributed by atoms with Gasteiger partial charge in [0, 0.05) is 32.7 Å². The van der Waals surface area contributed by atoms with E-state index in [9.17, 15) is 0 Å². The minimum absolute atomic E-state index is 0.819. The predicted molar refractivity (Wildman–Crippen MR) is 165 cm³/mol. The van der Waals surface area contributed by atoms with Crippen LogP contribution in [-0.2, 0) is 0 Å². The van der Waals surface area contributed by atoms with Crippen molar-refractivity contribution in [3.05, 3.63) is 146 Å². The van der Waals surface area contributed by atoms with Gasteiger partial charge in [0.1, 0.15) is 22.7 Å². The highest BCUT2D eigenvalue weighted by molar-refractivity contribution is 6.15. The van der Waals surface area contributed by atoms with Crippen molar-refractivity contribution in [1.29, 1.82) is 0 Å². The zero-order valence-electron chi connectivity index (χ0n) is 21.7. The van der Waals surface area contributed by atoms with E-state index in [-0.39, 0.29) is 0 Å². The normalized spacial score (nSPS) is 11.5. The highest BCUT2D eigenvalue weighted by atomic mass is 16.4. The molecule has 40 heavy (non-hydrogen) atoms. The van der Waals surface area contributed by atoms with Crippen LogP contribution in [0.1, 0.15) is 0 Å². The third-order valence-electron chi connectivity index (χ3n) is 7.73. The van der Waals surface area contributed by atoms with E-state index >= 15 is 0 Å². The molecule has 0 aliphatic heterocycles. The van der Waals surface area contributed by atoms with Crippen molar-refractivity contribution in [3.63, 3.8) is 0 Å². The Balaban J connectivity index is 1.39. The lowest BCUT2D eigenvalue weighted by atomic mass is 9.96.